The van der Waals surface area contributed by atoms with Crippen molar-refractivity contribution in [3.63, 3.8) is 0 Å². The topological polar surface area (TPSA) is 17.1 Å². The SMILES string of the molecule is O=Cc1cc2sccc2c(F)c1I. The van der Waals surface area contributed by atoms with Crippen molar-refractivity contribution in [2.24, 2.45) is 0 Å². The van der Waals surface area contributed by atoms with Crippen molar-refractivity contribution in [1.29, 1.82) is 0 Å². The minimum Gasteiger partial charge on any atom is -0.298 e. The van der Waals surface area contributed by atoms with Crippen LogP contribution in [-0.4, -0.2) is 6.29 Å². The number of halogens is 2. The number of thiophene rings is 1. The zero-order valence-electron chi connectivity index (χ0n) is 6.38. The summed E-state index contributed by atoms with van der Waals surface area (Å²) >= 11 is 3.29. The van der Waals surface area contributed by atoms with Gasteiger partial charge in [0.2, 0.25) is 0 Å². The van der Waals surface area contributed by atoms with Crippen LogP contribution in [0.25, 0.3) is 10.1 Å². The van der Waals surface area contributed by atoms with Crippen molar-refractivity contribution < 1.29 is 9.18 Å². The van der Waals surface area contributed by atoms with Crippen LogP contribution in [0.15, 0.2) is 17.5 Å². The number of hydrogen-bond acceptors (Lipinski definition) is 2. The first-order chi connectivity index (χ1) is 6.24. The molecular formula is C9H4FIOS. The molecule has 0 unspecified atom stereocenters. The summed E-state index contributed by atoms with van der Waals surface area (Å²) in [6.07, 6.45) is 0.685. The summed E-state index contributed by atoms with van der Waals surface area (Å²) in [5.74, 6) is -0.290. The van der Waals surface area contributed by atoms with E-state index in [-0.39, 0.29) is 5.82 Å². The van der Waals surface area contributed by atoms with Gasteiger partial charge in [0.25, 0.3) is 0 Å². The first-order valence-corrected chi connectivity index (χ1v) is 5.50. The lowest BCUT2D eigenvalue weighted by Gasteiger charge is -1.99. The molecule has 66 valence electrons. The molecule has 2 rings (SSSR count). The maximum absolute atomic E-state index is 13.5. The van der Waals surface area contributed by atoms with Gasteiger partial charge in [0.15, 0.2) is 6.29 Å². The molecule has 0 atom stereocenters. The van der Waals surface area contributed by atoms with Gasteiger partial charge < -0.3 is 0 Å². The van der Waals surface area contributed by atoms with Crippen LogP contribution in [0.1, 0.15) is 10.4 Å². The minimum absolute atomic E-state index is 0.290. The second-order valence-corrected chi connectivity index (χ2v) is 4.57. The van der Waals surface area contributed by atoms with Gasteiger partial charge in [-0.05, 0) is 40.1 Å². The lowest BCUT2D eigenvalue weighted by molar-refractivity contribution is 0.112. The molecule has 0 spiro atoms. The molecule has 2 aromatic rings. The molecule has 0 saturated heterocycles. The van der Waals surface area contributed by atoms with Gasteiger partial charge in [-0.25, -0.2) is 4.39 Å². The Balaban J connectivity index is 2.91. The summed E-state index contributed by atoms with van der Waals surface area (Å²) in [5, 5.41) is 2.42. The molecule has 0 aliphatic rings. The molecule has 4 heteroatoms. The molecule has 0 radical (unpaired) electrons. The van der Waals surface area contributed by atoms with Gasteiger partial charge in [0.1, 0.15) is 5.82 Å². The van der Waals surface area contributed by atoms with Gasteiger partial charge in [0, 0.05) is 15.6 Å². The second kappa shape index (κ2) is 3.34. The third-order valence-corrected chi connectivity index (χ3v) is 3.75. The second-order valence-electron chi connectivity index (χ2n) is 2.54. The molecule has 0 amide bonds. The minimum atomic E-state index is -0.290. The van der Waals surface area contributed by atoms with E-state index < -0.39 is 0 Å². The van der Waals surface area contributed by atoms with Crippen molar-refractivity contribution in [2.45, 2.75) is 0 Å². The zero-order valence-corrected chi connectivity index (χ0v) is 9.36. The molecule has 0 N–H and O–H groups in total. The van der Waals surface area contributed by atoms with Crippen LogP contribution in [0.4, 0.5) is 4.39 Å². The van der Waals surface area contributed by atoms with Gasteiger partial charge in [-0.1, -0.05) is 0 Å². The predicted molar refractivity (Wildman–Crippen MR) is 59.9 cm³/mol. The fourth-order valence-electron chi connectivity index (χ4n) is 1.15. The molecule has 1 aromatic carbocycles. The van der Waals surface area contributed by atoms with Gasteiger partial charge in [-0.15, -0.1) is 11.3 Å². The van der Waals surface area contributed by atoms with Crippen LogP contribution in [0.3, 0.4) is 0 Å². The number of carbonyl (C=O) groups excluding carboxylic acids is 1. The first kappa shape index (κ1) is 9.08. The van der Waals surface area contributed by atoms with E-state index in [9.17, 15) is 9.18 Å². The standard InChI is InChI=1S/C9H4FIOS/c10-8-6-1-2-13-7(6)3-5(4-12)9(8)11/h1-4H. The Bertz CT molecular complexity index is 478. The third-order valence-electron chi connectivity index (χ3n) is 1.79. The summed E-state index contributed by atoms with van der Waals surface area (Å²) < 4.78 is 14.7. The fourth-order valence-corrected chi connectivity index (χ4v) is 2.55. The Morgan fingerprint density at radius 3 is 3.00 bits per heavy atom. The van der Waals surface area contributed by atoms with E-state index in [0.29, 0.717) is 20.8 Å². The molecule has 0 fully saturated rings. The van der Waals surface area contributed by atoms with E-state index in [2.05, 4.69) is 0 Å². The van der Waals surface area contributed by atoms with E-state index in [1.54, 1.807) is 12.1 Å². The highest BCUT2D eigenvalue weighted by Crippen LogP contribution is 2.28. The summed E-state index contributed by atoms with van der Waals surface area (Å²) in [7, 11) is 0. The van der Waals surface area contributed by atoms with Gasteiger partial charge in [-0.2, -0.15) is 0 Å². The van der Waals surface area contributed by atoms with E-state index in [1.165, 1.54) is 11.3 Å². The number of fused-ring (bicyclic) bond motifs is 1. The molecule has 0 bridgehead atoms. The Kier molecular flexibility index (Phi) is 2.33. The van der Waals surface area contributed by atoms with Crippen LogP contribution < -0.4 is 0 Å². The van der Waals surface area contributed by atoms with Gasteiger partial charge >= 0.3 is 0 Å². The van der Waals surface area contributed by atoms with Crippen LogP contribution >= 0.6 is 33.9 Å². The van der Waals surface area contributed by atoms with Crippen molar-refractivity contribution in [2.75, 3.05) is 0 Å². The molecule has 13 heavy (non-hydrogen) atoms. The summed E-state index contributed by atoms with van der Waals surface area (Å²) in [6, 6.07) is 3.45. The Morgan fingerprint density at radius 1 is 1.54 bits per heavy atom. The number of benzene rings is 1. The van der Waals surface area contributed by atoms with E-state index in [0.717, 1.165) is 4.70 Å². The Hall–Kier alpha value is -0.490. The highest BCUT2D eigenvalue weighted by Gasteiger charge is 2.10. The Labute approximate surface area is 91.7 Å². The average molecular weight is 306 g/mol. The summed E-state index contributed by atoms with van der Waals surface area (Å²) in [5.41, 5.74) is 0.424. The molecule has 1 nitrogen and oxygen atoms in total. The van der Waals surface area contributed by atoms with Crippen LogP contribution in [-0.2, 0) is 0 Å². The molecule has 1 aromatic heterocycles. The largest absolute Gasteiger partial charge is 0.298 e. The van der Waals surface area contributed by atoms with Crippen LogP contribution in [0.2, 0.25) is 0 Å². The highest BCUT2D eigenvalue weighted by molar-refractivity contribution is 14.1. The fraction of sp³-hybridized carbons (Fsp3) is 0. The van der Waals surface area contributed by atoms with Crippen molar-refractivity contribution >= 4 is 50.3 Å². The van der Waals surface area contributed by atoms with Crippen LogP contribution in [0.5, 0.6) is 0 Å². The van der Waals surface area contributed by atoms with E-state index >= 15 is 0 Å². The predicted octanol–water partition coefficient (Wildman–Crippen LogP) is 3.46. The van der Waals surface area contributed by atoms with Crippen molar-refractivity contribution in [1.82, 2.24) is 0 Å². The summed E-state index contributed by atoms with van der Waals surface area (Å²) in [6.45, 7) is 0. The maximum atomic E-state index is 13.5. The van der Waals surface area contributed by atoms with Gasteiger partial charge in [-0.3, -0.25) is 4.79 Å². The van der Waals surface area contributed by atoms with Crippen LogP contribution in [0, 0.1) is 9.39 Å². The quantitative estimate of drug-likeness (QED) is 0.582. The van der Waals surface area contributed by atoms with E-state index in [4.69, 9.17) is 0 Å². The number of carbonyl (C=O) groups is 1. The third kappa shape index (κ3) is 1.38. The number of aldehydes is 1. The Morgan fingerprint density at radius 2 is 2.31 bits per heavy atom. The first-order valence-electron chi connectivity index (χ1n) is 3.54. The zero-order chi connectivity index (χ0) is 9.42. The molecule has 0 saturated carbocycles. The van der Waals surface area contributed by atoms with E-state index in [1.807, 2.05) is 28.0 Å². The number of hydrogen-bond donors (Lipinski definition) is 0. The molecule has 0 aliphatic carbocycles. The molecular weight excluding hydrogens is 302 g/mol. The van der Waals surface area contributed by atoms with Crippen molar-refractivity contribution in [3.05, 3.63) is 32.5 Å². The molecule has 0 aliphatic heterocycles. The number of rotatable bonds is 1. The molecule has 1 heterocycles. The van der Waals surface area contributed by atoms with Crippen molar-refractivity contribution in [3.8, 4) is 0 Å². The smallest absolute Gasteiger partial charge is 0.151 e. The monoisotopic (exact) mass is 306 g/mol. The van der Waals surface area contributed by atoms with Gasteiger partial charge in [0.05, 0.1) is 3.57 Å². The highest BCUT2D eigenvalue weighted by atomic mass is 127. The normalized spacial score (nSPS) is 10.6. The summed E-state index contributed by atoms with van der Waals surface area (Å²) in [4.78, 5) is 10.6. The lowest BCUT2D eigenvalue weighted by atomic mass is 10.2. The maximum Gasteiger partial charge on any atom is 0.151 e. The average Bonchev–Trinajstić information content (AvgIpc) is 2.59. The lowest BCUT2D eigenvalue weighted by Crippen LogP contribution is -1.90.